The number of hydrogen-bond acceptors (Lipinski definition) is 4. The van der Waals surface area contributed by atoms with Crippen LogP contribution in [0.5, 0.6) is 0 Å². The van der Waals surface area contributed by atoms with E-state index in [2.05, 4.69) is 15.3 Å². The molecule has 0 spiro atoms. The first-order valence-corrected chi connectivity index (χ1v) is 5.46. The molecule has 0 aliphatic rings. The van der Waals surface area contributed by atoms with Crippen LogP contribution in [-0.4, -0.2) is 21.0 Å². The molecule has 2 aromatic heterocycles. The number of aromatic nitrogens is 2. The number of hydrogen-bond donors (Lipinski definition) is 2. The van der Waals surface area contributed by atoms with E-state index >= 15 is 0 Å². The third-order valence-electron chi connectivity index (χ3n) is 2.55. The van der Waals surface area contributed by atoms with Crippen LogP contribution in [0.1, 0.15) is 21.7 Å². The molecule has 2 N–H and O–H groups in total. The molecule has 5 nitrogen and oxygen atoms in total. The van der Waals surface area contributed by atoms with Gasteiger partial charge in [0.05, 0.1) is 17.1 Å². The predicted octanol–water partition coefficient (Wildman–Crippen LogP) is 2.54. The Labute approximate surface area is 105 Å². The second kappa shape index (κ2) is 4.83. The van der Waals surface area contributed by atoms with E-state index in [0.717, 1.165) is 17.1 Å². The molecule has 2 aromatic rings. The van der Waals surface area contributed by atoms with Crippen molar-refractivity contribution in [1.82, 2.24) is 9.97 Å². The number of aromatic carboxylic acids is 1. The van der Waals surface area contributed by atoms with E-state index in [-0.39, 0.29) is 5.56 Å². The minimum absolute atomic E-state index is 0.137. The van der Waals surface area contributed by atoms with Crippen LogP contribution in [0, 0.1) is 13.8 Å². The predicted molar refractivity (Wildman–Crippen MR) is 68.2 cm³/mol. The van der Waals surface area contributed by atoms with Gasteiger partial charge < -0.3 is 10.4 Å². The maximum atomic E-state index is 11.1. The van der Waals surface area contributed by atoms with Gasteiger partial charge in [0.15, 0.2) is 0 Å². The summed E-state index contributed by atoms with van der Waals surface area (Å²) in [5.41, 5.74) is 3.17. The highest BCUT2D eigenvalue weighted by Gasteiger charge is 2.10. The second-order valence-electron chi connectivity index (χ2n) is 3.94. The minimum atomic E-state index is -1.01. The van der Waals surface area contributed by atoms with E-state index < -0.39 is 5.97 Å². The summed E-state index contributed by atoms with van der Waals surface area (Å²) in [6.07, 6.45) is 2.87. The highest BCUT2D eigenvalue weighted by Crippen LogP contribution is 2.22. The van der Waals surface area contributed by atoms with Crippen LogP contribution in [0.25, 0.3) is 0 Å². The molecule has 0 aliphatic heterocycles. The molecule has 2 heterocycles. The van der Waals surface area contributed by atoms with Gasteiger partial charge in [0, 0.05) is 18.1 Å². The molecule has 0 bridgehead atoms. The Kier molecular flexibility index (Phi) is 3.23. The van der Waals surface area contributed by atoms with Crippen molar-refractivity contribution in [1.29, 1.82) is 0 Å². The Hall–Kier alpha value is -2.43. The van der Waals surface area contributed by atoms with Crippen molar-refractivity contribution in [2.45, 2.75) is 13.8 Å². The first-order valence-electron chi connectivity index (χ1n) is 5.46. The number of pyridine rings is 2. The largest absolute Gasteiger partial charge is 0.478 e. The first kappa shape index (κ1) is 12.0. The molecular weight excluding hydrogens is 230 g/mol. The fourth-order valence-electron chi connectivity index (χ4n) is 1.64. The van der Waals surface area contributed by atoms with E-state index in [1.807, 2.05) is 26.0 Å². The fraction of sp³-hybridized carbons (Fsp3) is 0.154. The topological polar surface area (TPSA) is 75.1 Å². The van der Waals surface area contributed by atoms with Crippen molar-refractivity contribution < 1.29 is 9.90 Å². The molecule has 0 atom stereocenters. The van der Waals surface area contributed by atoms with Crippen molar-refractivity contribution in [3.63, 3.8) is 0 Å². The number of nitrogens with one attached hydrogen (secondary N) is 1. The minimum Gasteiger partial charge on any atom is -0.478 e. The average molecular weight is 243 g/mol. The third-order valence-corrected chi connectivity index (χ3v) is 2.55. The van der Waals surface area contributed by atoms with Gasteiger partial charge in [-0.05, 0) is 32.0 Å². The van der Waals surface area contributed by atoms with Gasteiger partial charge >= 0.3 is 5.97 Å². The molecule has 0 aliphatic carbocycles. The zero-order valence-electron chi connectivity index (χ0n) is 10.1. The van der Waals surface area contributed by atoms with Gasteiger partial charge in [0.25, 0.3) is 0 Å². The summed E-state index contributed by atoms with van der Waals surface area (Å²) in [7, 11) is 0. The maximum Gasteiger partial charge on any atom is 0.339 e. The molecule has 2 rings (SSSR count). The Balaban J connectivity index is 2.37. The Morgan fingerprint density at radius 3 is 2.67 bits per heavy atom. The highest BCUT2D eigenvalue weighted by molar-refractivity contribution is 5.94. The smallest absolute Gasteiger partial charge is 0.339 e. The van der Waals surface area contributed by atoms with E-state index in [1.165, 1.54) is 6.20 Å². The monoisotopic (exact) mass is 243 g/mol. The lowest BCUT2D eigenvalue weighted by Gasteiger charge is -2.11. The van der Waals surface area contributed by atoms with Crippen LogP contribution in [0.4, 0.5) is 11.4 Å². The summed E-state index contributed by atoms with van der Waals surface area (Å²) in [4.78, 5) is 19.2. The SMILES string of the molecule is Cc1ccc(Nc2ccncc2C(=O)O)c(C)n1. The zero-order chi connectivity index (χ0) is 13.1. The molecule has 92 valence electrons. The van der Waals surface area contributed by atoms with Gasteiger partial charge in [0.1, 0.15) is 5.56 Å². The maximum absolute atomic E-state index is 11.1. The van der Waals surface area contributed by atoms with E-state index in [4.69, 9.17) is 5.11 Å². The van der Waals surface area contributed by atoms with Crippen LogP contribution in [-0.2, 0) is 0 Å². The molecule has 5 heteroatoms. The van der Waals surface area contributed by atoms with E-state index in [0.29, 0.717) is 5.69 Å². The average Bonchev–Trinajstić information content (AvgIpc) is 2.33. The number of aryl methyl sites for hydroxylation is 2. The van der Waals surface area contributed by atoms with E-state index in [9.17, 15) is 4.79 Å². The van der Waals surface area contributed by atoms with Crippen LogP contribution >= 0.6 is 0 Å². The number of carbonyl (C=O) groups is 1. The molecule has 0 fully saturated rings. The van der Waals surface area contributed by atoms with Crippen molar-refractivity contribution in [2.75, 3.05) is 5.32 Å². The molecule has 0 saturated heterocycles. The van der Waals surface area contributed by atoms with E-state index in [1.54, 1.807) is 12.3 Å². The summed E-state index contributed by atoms with van der Waals surface area (Å²) in [5.74, 6) is -1.01. The van der Waals surface area contributed by atoms with Gasteiger partial charge in [-0.25, -0.2) is 4.79 Å². The molecule has 0 aromatic carbocycles. The van der Waals surface area contributed by atoms with Crippen molar-refractivity contribution >= 4 is 17.3 Å². The number of rotatable bonds is 3. The van der Waals surface area contributed by atoms with Crippen molar-refractivity contribution in [2.24, 2.45) is 0 Å². The number of anilines is 2. The molecule has 18 heavy (non-hydrogen) atoms. The summed E-state index contributed by atoms with van der Waals surface area (Å²) in [6, 6.07) is 5.38. The van der Waals surface area contributed by atoms with Crippen LogP contribution in [0.2, 0.25) is 0 Å². The van der Waals surface area contributed by atoms with Gasteiger partial charge in [-0.2, -0.15) is 0 Å². The lowest BCUT2D eigenvalue weighted by atomic mass is 10.2. The molecular formula is C13H13N3O2. The van der Waals surface area contributed by atoms with Crippen LogP contribution in [0.3, 0.4) is 0 Å². The summed E-state index contributed by atoms with van der Waals surface area (Å²) in [6.45, 7) is 3.78. The molecule has 0 unspecified atom stereocenters. The standard InChI is InChI=1S/C13H13N3O2/c1-8-3-4-11(9(2)15-8)16-12-5-6-14-7-10(12)13(17)18/h3-7H,1-2H3,(H,14,16)(H,17,18). The lowest BCUT2D eigenvalue weighted by molar-refractivity contribution is 0.0697. The van der Waals surface area contributed by atoms with Crippen LogP contribution in [0.15, 0.2) is 30.6 Å². The van der Waals surface area contributed by atoms with Crippen LogP contribution < -0.4 is 5.32 Å². The normalized spacial score (nSPS) is 10.1. The zero-order valence-corrected chi connectivity index (χ0v) is 10.1. The summed E-state index contributed by atoms with van der Waals surface area (Å²) in [5, 5.41) is 12.1. The van der Waals surface area contributed by atoms with Gasteiger partial charge in [-0.3, -0.25) is 9.97 Å². The van der Waals surface area contributed by atoms with Crippen molar-refractivity contribution in [3.8, 4) is 0 Å². The second-order valence-corrected chi connectivity index (χ2v) is 3.94. The van der Waals surface area contributed by atoms with Gasteiger partial charge in [-0.1, -0.05) is 0 Å². The quantitative estimate of drug-likeness (QED) is 0.866. The Morgan fingerprint density at radius 1 is 1.22 bits per heavy atom. The number of carboxylic acids is 1. The molecule has 0 amide bonds. The number of nitrogens with zero attached hydrogens (tertiary/aromatic N) is 2. The van der Waals surface area contributed by atoms with Gasteiger partial charge in [-0.15, -0.1) is 0 Å². The highest BCUT2D eigenvalue weighted by atomic mass is 16.4. The lowest BCUT2D eigenvalue weighted by Crippen LogP contribution is -2.04. The molecule has 0 radical (unpaired) electrons. The number of carboxylic acid groups (broad SMARTS) is 1. The summed E-state index contributed by atoms with van der Waals surface area (Å²) < 4.78 is 0. The molecule has 0 saturated carbocycles. The Morgan fingerprint density at radius 2 is 2.00 bits per heavy atom. The Bertz CT molecular complexity index is 597. The first-order chi connectivity index (χ1) is 8.58. The third kappa shape index (κ3) is 2.45. The summed E-state index contributed by atoms with van der Waals surface area (Å²) >= 11 is 0. The fourth-order valence-corrected chi connectivity index (χ4v) is 1.64. The van der Waals surface area contributed by atoms with Gasteiger partial charge in [0.2, 0.25) is 0 Å². The van der Waals surface area contributed by atoms with Crippen molar-refractivity contribution in [3.05, 3.63) is 47.5 Å².